The van der Waals surface area contributed by atoms with E-state index in [0.29, 0.717) is 5.91 Å². The number of aromatic nitrogens is 2. The van der Waals surface area contributed by atoms with E-state index in [-0.39, 0.29) is 5.92 Å². The van der Waals surface area contributed by atoms with Gasteiger partial charge in [0.25, 0.3) is 0 Å². The summed E-state index contributed by atoms with van der Waals surface area (Å²) in [5, 5.41) is 0. The molecule has 2 aliphatic heterocycles. The molecule has 0 radical (unpaired) electrons. The Morgan fingerprint density at radius 2 is 1.57 bits per heavy atom. The number of hydrogen-bond donors (Lipinski definition) is 0. The first kappa shape index (κ1) is 14.3. The third kappa shape index (κ3) is 3.52. The van der Waals surface area contributed by atoms with Gasteiger partial charge in [0.15, 0.2) is 0 Å². The highest BCUT2D eigenvalue weighted by atomic mass is 16.2. The van der Waals surface area contributed by atoms with E-state index in [9.17, 15) is 4.79 Å². The number of piperidine rings is 1. The summed E-state index contributed by atoms with van der Waals surface area (Å²) < 4.78 is 0. The van der Waals surface area contributed by atoms with E-state index in [0.717, 1.165) is 45.0 Å². The molecule has 0 aliphatic carbocycles. The summed E-state index contributed by atoms with van der Waals surface area (Å²) in [6, 6.07) is 1.83. The van der Waals surface area contributed by atoms with Crippen molar-refractivity contribution in [2.24, 2.45) is 5.92 Å². The molecule has 1 amide bonds. The highest BCUT2D eigenvalue weighted by molar-refractivity contribution is 5.79. The van der Waals surface area contributed by atoms with Crippen LogP contribution in [0.1, 0.15) is 38.5 Å². The third-order valence-corrected chi connectivity index (χ3v) is 4.60. The molecule has 3 heterocycles. The molecule has 21 heavy (non-hydrogen) atoms. The molecule has 0 N–H and O–H groups in total. The quantitative estimate of drug-likeness (QED) is 0.836. The van der Waals surface area contributed by atoms with Crippen LogP contribution in [0.4, 0.5) is 5.95 Å². The molecule has 1 aromatic rings. The van der Waals surface area contributed by atoms with Crippen LogP contribution in [-0.2, 0) is 4.79 Å². The second kappa shape index (κ2) is 6.87. The Balaban J connectivity index is 1.54. The summed E-state index contributed by atoms with van der Waals surface area (Å²) in [4.78, 5) is 25.5. The van der Waals surface area contributed by atoms with Gasteiger partial charge >= 0.3 is 0 Å². The van der Waals surface area contributed by atoms with Gasteiger partial charge in [0.1, 0.15) is 0 Å². The number of likely N-dealkylation sites (tertiary alicyclic amines) is 1. The van der Waals surface area contributed by atoms with E-state index in [1.165, 1.54) is 25.7 Å². The minimum absolute atomic E-state index is 0.197. The summed E-state index contributed by atoms with van der Waals surface area (Å²) >= 11 is 0. The molecule has 0 atom stereocenters. The van der Waals surface area contributed by atoms with Crippen molar-refractivity contribution in [1.29, 1.82) is 0 Å². The van der Waals surface area contributed by atoms with Gasteiger partial charge in [0.05, 0.1) is 0 Å². The van der Waals surface area contributed by atoms with Crippen molar-refractivity contribution in [2.45, 2.75) is 38.5 Å². The molecule has 0 unspecified atom stereocenters. The summed E-state index contributed by atoms with van der Waals surface area (Å²) in [5.41, 5.74) is 0. The number of hydrogen-bond acceptors (Lipinski definition) is 4. The fourth-order valence-electron chi connectivity index (χ4n) is 3.33. The fourth-order valence-corrected chi connectivity index (χ4v) is 3.33. The Bertz CT molecular complexity index is 449. The Morgan fingerprint density at radius 1 is 0.952 bits per heavy atom. The standard InChI is InChI=1S/C16H24N4O/c21-15(19-10-3-1-2-4-11-19)14-6-12-20(13-7-14)16-17-8-5-9-18-16/h5,8-9,14H,1-4,6-7,10-13H2. The first-order valence-electron chi connectivity index (χ1n) is 8.15. The Labute approximate surface area is 126 Å². The molecule has 5 heteroatoms. The van der Waals surface area contributed by atoms with Crippen LogP contribution in [0.3, 0.4) is 0 Å². The number of nitrogens with zero attached hydrogens (tertiary/aromatic N) is 4. The lowest BCUT2D eigenvalue weighted by molar-refractivity contribution is -0.136. The zero-order valence-electron chi connectivity index (χ0n) is 12.6. The number of anilines is 1. The molecular formula is C16H24N4O. The Hall–Kier alpha value is -1.65. The van der Waals surface area contributed by atoms with Crippen LogP contribution in [-0.4, -0.2) is 47.0 Å². The SMILES string of the molecule is O=C(C1CCN(c2ncccn2)CC1)N1CCCCCC1. The van der Waals surface area contributed by atoms with Crippen LogP contribution in [0.15, 0.2) is 18.5 Å². The second-order valence-corrected chi connectivity index (χ2v) is 6.05. The average molecular weight is 288 g/mol. The molecule has 0 spiro atoms. The van der Waals surface area contributed by atoms with Crippen LogP contribution < -0.4 is 4.90 Å². The largest absolute Gasteiger partial charge is 0.342 e. The van der Waals surface area contributed by atoms with Crippen molar-refractivity contribution >= 4 is 11.9 Å². The highest BCUT2D eigenvalue weighted by Gasteiger charge is 2.29. The molecule has 2 aliphatic rings. The van der Waals surface area contributed by atoms with Crippen molar-refractivity contribution in [3.05, 3.63) is 18.5 Å². The smallest absolute Gasteiger partial charge is 0.225 e. The van der Waals surface area contributed by atoms with E-state index in [4.69, 9.17) is 0 Å². The van der Waals surface area contributed by atoms with E-state index in [1.807, 2.05) is 6.07 Å². The Kier molecular flexibility index (Phi) is 4.68. The third-order valence-electron chi connectivity index (χ3n) is 4.60. The maximum Gasteiger partial charge on any atom is 0.225 e. The second-order valence-electron chi connectivity index (χ2n) is 6.05. The monoisotopic (exact) mass is 288 g/mol. The molecular weight excluding hydrogens is 264 g/mol. The minimum atomic E-state index is 0.197. The lowest BCUT2D eigenvalue weighted by atomic mass is 9.95. The van der Waals surface area contributed by atoms with E-state index >= 15 is 0 Å². The zero-order chi connectivity index (χ0) is 14.5. The number of carbonyl (C=O) groups excluding carboxylic acids is 1. The summed E-state index contributed by atoms with van der Waals surface area (Å²) in [6.07, 6.45) is 10.3. The lowest BCUT2D eigenvalue weighted by Gasteiger charge is -2.34. The van der Waals surface area contributed by atoms with Crippen LogP contribution in [0.2, 0.25) is 0 Å². The average Bonchev–Trinajstić information content (AvgIpc) is 2.84. The first-order valence-corrected chi connectivity index (χ1v) is 8.15. The van der Waals surface area contributed by atoms with Crippen LogP contribution in [0.25, 0.3) is 0 Å². The Morgan fingerprint density at radius 3 is 2.19 bits per heavy atom. The molecule has 0 bridgehead atoms. The van der Waals surface area contributed by atoms with Gasteiger partial charge in [-0.1, -0.05) is 12.8 Å². The van der Waals surface area contributed by atoms with Crippen molar-refractivity contribution in [3.63, 3.8) is 0 Å². The maximum atomic E-state index is 12.6. The van der Waals surface area contributed by atoms with E-state index < -0.39 is 0 Å². The first-order chi connectivity index (χ1) is 10.3. The molecule has 2 saturated heterocycles. The zero-order valence-corrected chi connectivity index (χ0v) is 12.6. The van der Waals surface area contributed by atoms with Gasteiger partial charge in [-0.15, -0.1) is 0 Å². The van der Waals surface area contributed by atoms with E-state index in [1.54, 1.807) is 12.4 Å². The fraction of sp³-hybridized carbons (Fsp3) is 0.688. The van der Waals surface area contributed by atoms with Crippen molar-refractivity contribution < 1.29 is 4.79 Å². The molecule has 0 saturated carbocycles. The van der Waals surface area contributed by atoms with Crippen molar-refractivity contribution in [3.8, 4) is 0 Å². The number of amides is 1. The molecule has 1 aromatic heterocycles. The highest BCUT2D eigenvalue weighted by Crippen LogP contribution is 2.23. The normalized spacial score (nSPS) is 21.1. The number of carbonyl (C=O) groups is 1. The number of rotatable bonds is 2. The van der Waals surface area contributed by atoms with Gasteiger partial charge in [0, 0.05) is 44.5 Å². The predicted octanol–water partition coefficient (Wildman–Crippen LogP) is 2.10. The molecule has 114 valence electrons. The van der Waals surface area contributed by atoms with Gasteiger partial charge in [0.2, 0.25) is 11.9 Å². The van der Waals surface area contributed by atoms with Crippen LogP contribution >= 0.6 is 0 Å². The van der Waals surface area contributed by atoms with Crippen LogP contribution in [0.5, 0.6) is 0 Å². The topological polar surface area (TPSA) is 49.3 Å². The predicted molar refractivity (Wildman–Crippen MR) is 82.0 cm³/mol. The van der Waals surface area contributed by atoms with Crippen LogP contribution in [0, 0.1) is 5.92 Å². The van der Waals surface area contributed by atoms with Crippen molar-refractivity contribution in [1.82, 2.24) is 14.9 Å². The molecule has 0 aromatic carbocycles. The van der Waals surface area contributed by atoms with Crippen molar-refractivity contribution in [2.75, 3.05) is 31.1 Å². The maximum absolute atomic E-state index is 12.6. The summed E-state index contributed by atoms with van der Waals surface area (Å²) in [5.74, 6) is 1.37. The lowest BCUT2D eigenvalue weighted by Crippen LogP contribution is -2.43. The van der Waals surface area contributed by atoms with Gasteiger partial charge in [-0.3, -0.25) is 4.79 Å². The van der Waals surface area contributed by atoms with Gasteiger partial charge in [-0.05, 0) is 31.7 Å². The summed E-state index contributed by atoms with van der Waals surface area (Å²) in [7, 11) is 0. The molecule has 5 nitrogen and oxygen atoms in total. The molecule has 2 fully saturated rings. The van der Waals surface area contributed by atoms with Gasteiger partial charge in [-0.2, -0.15) is 0 Å². The summed E-state index contributed by atoms with van der Waals surface area (Å²) in [6.45, 7) is 3.68. The van der Waals surface area contributed by atoms with Gasteiger partial charge < -0.3 is 9.80 Å². The molecule has 3 rings (SSSR count). The van der Waals surface area contributed by atoms with E-state index in [2.05, 4.69) is 19.8 Å². The minimum Gasteiger partial charge on any atom is -0.342 e. The van der Waals surface area contributed by atoms with Gasteiger partial charge in [-0.25, -0.2) is 9.97 Å².